The van der Waals surface area contributed by atoms with Crippen molar-refractivity contribution in [3.63, 3.8) is 0 Å². The summed E-state index contributed by atoms with van der Waals surface area (Å²) >= 11 is 0. The Balaban J connectivity index is 1.27. The molecule has 1 atom stereocenters. The van der Waals surface area contributed by atoms with Gasteiger partial charge in [-0.3, -0.25) is 4.79 Å². The van der Waals surface area contributed by atoms with Gasteiger partial charge >= 0.3 is 0 Å². The molecular weight excluding hydrogens is 314 g/mol. The molecule has 0 aromatic heterocycles. The first-order valence-electron chi connectivity index (χ1n) is 9.76. The van der Waals surface area contributed by atoms with Crippen LogP contribution in [0.25, 0.3) is 0 Å². The molecule has 1 aromatic rings. The molecule has 25 heavy (non-hydrogen) atoms. The summed E-state index contributed by atoms with van der Waals surface area (Å²) in [6.45, 7) is 6.00. The summed E-state index contributed by atoms with van der Waals surface area (Å²) in [4.78, 5) is 14.7. The van der Waals surface area contributed by atoms with E-state index in [9.17, 15) is 4.79 Å². The maximum Gasteiger partial charge on any atom is 0.223 e. The van der Waals surface area contributed by atoms with Crippen LogP contribution >= 0.6 is 0 Å². The molecule has 4 nitrogen and oxygen atoms in total. The van der Waals surface area contributed by atoms with Gasteiger partial charge in [0, 0.05) is 26.2 Å². The fourth-order valence-corrected chi connectivity index (χ4v) is 4.86. The molecule has 136 valence electrons. The minimum Gasteiger partial charge on any atom is -0.382 e. The number of likely N-dealkylation sites (tertiary alicyclic amines) is 1. The van der Waals surface area contributed by atoms with E-state index in [4.69, 9.17) is 9.47 Å². The Hall–Kier alpha value is -1.39. The van der Waals surface area contributed by atoms with Gasteiger partial charge in [-0.15, -0.1) is 0 Å². The van der Waals surface area contributed by atoms with E-state index in [1.807, 2.05) is 11.8 Å². The fourth-order valence-electron chi connectivity index (χ4n) is 4.86. The summed E-state index contributed by atoms with van der Waals surface area (Å²) < 4.78 is 11.6. The average Bonchev–Trinajstić information content (AvgIpc) is 3.16. The van der Waals surface area contributed by atoms with E-state index in [1.165, 1.54) is 11.1 Å². The molecule has 2 aliphatic heterocycles. The second kappa shape index (κ2) is 7.08. The number of hydrogen-bond acceptors (Lipinski definition) is 3. The van der Waals surface area contributed by atoms with Crippen LogP contribution in [0.5, 0.6) is 0 Å². The van der Waals surface area contributed by atoms with Gasteiger partial charge in [0.2, 0.25) is 5.91 Å². The van der Waals surface area contributed by atoms with E-state index in [2.05, 4.69) is 24.3 Å². The van der Waals surface area contributed by atoms with Gasteiger partial charge in [-0.25, -0.2) is 0 Å². The van der Waals surface area contributed by atoms with Gasteiger partial charge in [-0.05, 0) is 55.6 Å². The van der Waals surface area contributed by atoms with Crippen molar-refractivity contribution in [3.05, 3.63) is 35.4 Å². The molecule has 2 fully saturated rings. The first-order chi connectivity index (χ1) is 12.2. The van der Waals surface area contributed by atoms with Crippen molar-refractivity contribution in [2.24, 2.45) is 11.8 Å². The average molecular weight is 343 g/mol. The highest BCUT2D eigenvalue weighted by Gasteiger charge is 2.54. The predicted octanol–water partition coefficient (Wildman–Crippen LogP) is 2.84. The van der Waals surface area contributed by atoms with E-state index in [0.717, 1.165) is 58.6 Å². The fraction of sp³-hybridized carbons (Fsp3) is 0.667. The molecule has 4 heteroatoms. The molecule has 2 heterocycles. The number of carbonyl (C=O) groups is 1. The highest BCUT2D eigenvalue weighted by molar-refractivity contribution is 5.78. The molecule has 1 aliphatic carbocycles. The molecule has 0 saturated carbocycles. The lowest BCUT2D eigenvalue weighted by Crippen LogP contribution is -2.66. The number of rotatable bonds is 6. The Morgan fingerprint density at radius 3 is 2.68 bits per heavy atom. The Morgan fingerprint density at radius 1 is 1.28 bits per heavy atom. The van der Waals surface area contributed by atoms with Crippen LogP contribution in [-0.4, -0.2) is 49.3 Å². The first kappa shape index (κ1) is 17.0. The molecule has 4 rings (SSSR count). The van der Waals surface area contributed by atoms with Crippen LogP contribution in [0.15, 0.2) is 24.3 Å². The number of amides is 1. The Kier molecular flexibility index (Phi) is 4.83. The van der Waals surface area contributed by atoms with E-state index in [0.29, 0.717) is 24.2 Å². The molecule has 0 bridgehead atoms. The molecule has 1 spiro atoms. The van der Waals surface area contributed by atoms with Gasteiger partial charge in [-0.1, -0.05) is 24.3 Å². The zero-order valence-corrected chi connectivity index (χ0v) is 15.2. The van der Waals surface area contributed by atoms with Crippen LogP contribution in [-0.2, 0) is 27.1 Å². The number of ether oxygens (including phenoxy) is 2. The van der Waals surface area contributed by atoms with Gasteiger partial charge in [-0.2, -0.15) is 0 Å². The van der Waals surface area contributed by atoms with E-state index >= 15 is 0 Å². The van der Waals surface area contributed by atoms with Gasteiger partial charge in [0.1, 0.15) is 5.60 Å². The van der Waals surface area contributed by atoms with Gasteiger partial charge in [0.25, 0.3) is 0 Å². The Bertz CT molecular complexity index is 598. The highest BCUT2D eigenvalue weighted by atomic mass is 16.5. The van der Waals surface area contributed by atoms with Crippen LogP contribution < -0.4 is 0 Å². The summed E-state index contributed by atoms with van der Waals surface area (Å²) in [5.41, 5.74) is 2.77. The molecule has 1 amide bonds. The van der Waals surface area contributed by atoms with Crippen LogP contribution in [0.4, 0.5) is 0 Å². The van der Waals surface area contributed by atoms with E-state index in [-0.39, 0.29) is 5.60 Å². The molecule has 3 aliphatic rings. The molecule has 2 saturated heterocycles. The van der Waals surface area contributed by atoms with Gasteiger partial charge in [0.05, 0.1) is 13.1 Å². The number of carbonyl (C=O) groups excluding carboxylic acids is 1. The van der Waals surface area contributed by atoms with Gasteiger partial charge in [0.15, 0.2) is 0 Å². The second-order valence-corrected chi connectivity index (χ2v) is 7.88. The Labute approximate surface area is 150 Å². The van der Waals surface area contributed by atoms with Crippen LogP contribution in [0, 0.1) is 11.8 Å². The maximum absolute atomic E-state index is 12.7. The SMILES string of the molecule is CCOCC[C@@H]1CCOC12CN(C(=O)CC1Cc3ccccc3C1)C2. The smallest absolute Gasteiger partial charge is 0.223 e. The van der Waals surface area contributed by atoms with Crippen molar-refractivity contribution in [2.75, 3.05) is 32.9 Å². The number of benzene rings is 1. The van der Waals surface area contributed by atoms with Gasteiger partial charge < -0.3 is 14.4 Å². The van der Waals surface area contributed by atoms with E-state index < -0.39 is 0 Å². The number of nitrogens with zero attached hydrogens (tertiary/aromatic N) is 1. The minimum atomic E-state index is -0.0780. The highest BCUT2D eigenvalue weighted by Crippen LogP contribution is 2.42. The Morgan fingerprint density at radius 2 is 2.00 bits per heavy atom. The quantitative estimate of drug-likeness (QED) is 0.746. The van der Waals surface area contributed by atoms with Crippen LogP contribution in [0.3, 0.4) is 0 Å². The summed E-state index contributed by atoms with van der Waals surface area (Å²) in [7, 11) is 0. The van der Waals surface area contributed by atoms with Crippen LogP contribution in [0.1, 0.15) is 37.3 Å². The largest absolute Gasteiger partial charge is 0.382 e. The predicted molar refractivity (Wildman–Crippen MR) is 96.4 cm³/mol. The molecular formula is C21H29NO3. The van der Waals surface area contributed by atoms with Crippen LogP contribution in [0.2, 0.25) is 0 Å². The summed E-state index contributed by atoms with van der Waals surface area (Å²) in [5, 5.41) is 0. The van der Waals surface area contributed by atoms with Crippen molar-refractivity contribution in [3.8, 4) is 0 Å². The maximum atomic E-state index is 12.7. The normalized spacial score (nSPS) is 24.5. The van der Waals surface area contributed by atoms with Crippen molar-refractivity contribution >= 4 is 5.91 Å². The molecule has 0 radical (unpaired) electrons. The zero-order chi connectivity index (χ0) is 17.3. The topological polar surface area (TPSA) is 38.8 Å². The third-order valence-electron chi connectivity index (χ3n) is 6.28. The summed E-state index contributed by atoms with van der Waals surface area (Å²) in [5.74, 6) is 1.32. The molecule has 0 N–H and O–H groups in total. The zero-order valence-electron chi connectivity index (χ0n) is 15.2. The molecule has 1 aromatic carbocycles. The van der Waals surface area contributed by atoms with Crippen molar-refractivity contribution < 1.29 is 14.3 Å². The second-order valence-electron chi connectivity index (χ2n) is 7.88. The monoisotopic (exact) mass is 343 g/mol. The van der Waals surface area contributed by atoms with E-state index in [1.54, 1.807) is 0 Å². The van der Waals surface area contributed by atoms with Crippen molar-refractivity contribution in [1.82, 2.24) is 4.90 Å². The van der Waals surface area contributed by atoms with Crippen molar-refractivity contribution in [2.45, 2.75) is 44.6 Å². The number of hydrogen-bond donors (Lipinski definition) is 0. The lowest BCUT2D eigenvalue weighted by atomic mass is 9.78. The lowest BCUT2D eigenvalue weighted by Gasteiger charge is -2.50. The number of fused-ring (bicyclic) bond motifs is 1. The molecule has 0 unspecified atom stereocenters. The first-order valence-corrected chi connectivity index (χ1v) is 9.76. The summed E-state index contributed by atoms with van der Waals surface area (Å²) in [6.07, 6.45) is 4.93. The lowest BCUT2D eigenvalue weighted by molar-refractivity contribution is -0.167. The third-order valence-corrected chi connectivity index (χ3v) is 6.28. The third kappa shape index (κ3) is 3.34. The summed E-state index contributed by atoms with van der Waals surface area (Å²) in [6, 6.07) is 8.60. The van der Waals surface area contributed by atoms with Crippen molar-refractivity contribution in [1.29, 1.82) is 0 Å². The minimum absolute atomic E-state index is 0.0780. The standard InChI is InChI=1S/C21H29NO3/c1-2-24-9-7-19-8-10-25-21(19)14-22(15-21)20(23)13-16-11-17-5-3-4-6-18(17)12-16/h3-6,16,19H,2,7-15H2,1H3/t19-/m1/s1.